The molecule has 4 N–H and O–H groups in total. The first kappa shape index (κ1) is 58.6. The number of benzene rings is 3. The number of aryl methyl sites for hydroxylation is 1. The van der Waals surface area contributed by atoms with E-state index in [1.165, 1.54) is 16.2 Å². The normalized spacial score (nSPS) is 16.0. The highest BCUT2D eigenvalue weighted by Gasteiger charge is 2.45. The smallest absolute Gasteiger partial charge is 0.358 e. The number of amides is 5. The molecule has 8 rings (SSSR count). The van der Waals surface area contributed by atoms with Gasteiger partial charge in [-0.15, -0.1) is 11.3 Å². The van der Waals surface area contributed by atoms with Crippen molar-refractivity contribution in [2.45, 2.75) is 137 Å². The monoisotopic (exact) mass is 1120 g/mol. The van der Waals surface area contributed by atoms with Gasteiger partial charge in [-0.1, -0.05) is 92.5 Å². The van der Waals surface area contributed by atoms with Gasteiger partial charge in [0.15, 0.2) is 10.8 Å². The van der Waals surface area contributed by atoms with Crippen LogP contribution in [-0.4, -0.2) is 116 Å². The molecule has 0 bridgehead atoms. The number of β-amino-alcohol motifs (C(OH)–C–C–N with tert-alkyl or cyclic N) is 1. The van der Waals surface area contributed by atoms with E-state index in [4.69, 9.17) is 9.72 Å². The van der Waals surface area contributed by atoms with Crippen molar-refractivity contribution in [3.8, 4) is 22.3 Å². The van der Waals surface area contributed by atoms with Crippen LogP contribution in [0.4, 0.5) is 10.9 Å². The molecule has 0 aliphatic carbocycles. The highest BCUT2D eigenvalue weighted by Crippen LogP contribution is 2.32. The van der Waals surface area contributed by atoms with Crippen LogP contribution in [0.1, 0.15) is 142 Å². The van der Waals surface area contributed by atoms with Crippen molar-refractivity contribution in [2.75, 3.05) is 36.9 Å². The second-order valence-corrected chi connectivity index (χ2v) is 24.5. The molecule has 1 saturated heterocycles. The Morgan fingerprint density at radius 3 is 2.39 bits per heavy atom. The summed E-state index contributed by atoms with van der Waals surface area (Å²) in [5.74, 6) is 4.55. The molecule has 3 aromatic carbocycles. The van der Waals surface area contributed by atoms with Crippen LogP contribution in [0.2, 0.25) is 0 Å². The molecule has 0 saturated carbocycles. The van der Waals surface area contributed by atoms with Gasteiger partial charge in [-0.05, 0) is 112 Å². The van der Waals surface area contributed by atoms with Gasteiger partial charge < -0.3 is 35.2 Å². The number of carbonyl (C=O) groups excluding carboxylic acids is 6. The first-order valence-electron chi connectivity index (χ1n) is 27.1. The van der Waals surface area contributed by atoms with Crippen molar-refractivity contribution >= 4 is 79.3 Å². The van der Waals surface area contributed by atoms with Gasteiger partial charge in [0.1, 0.15) is 23.5 Å². The number of fused-ring (bicyclic) bond motifs is 2. The second kappa shape index (κ2) is 25.3. The molecule has 6 aromatic rings. The van der Waals surface area contributed by atoms with Gasteiger partial charge in [0.05, 0.1) is 44.0 Å². The minimum absolute atomic E-state index is 0.0406. The number of hydrogen-bond acceptors (Lipinski definition) is 14. The predicted octanol–water partition coefficient (Wildman–Crippen LogP) is 9.02. The molecule has 420 valence electrons. The number of pyridine rings is 1. The van der Waals surface area contributed by atoms with Crippen LogP contribution >= 0.6 is 22.7 Å². The third-order valence-electron chi connectivity index (χ3n) is 14.1. The number of nitrogens with one attached hydrogen (secondary N) is 3. The third kappa shape index (κ3) is 14.6. The number of aliphatic hydroxyl groups excluding tert-OH is 1. The van der Waals surface area contributed by atoms with Crippen LogP contribution in [0.25, 0.3) is 20.7 Å². The van der Waals surface area contributed by atoms with Crippen LogP contribution in [-0.2, 0) is 36.9 Å². The Morgan fingerprint density at radius 1 is 0.912 bits per heavy atom. The largest absolute Gasteiger partial charge is 0.455 e. The van der Waals surface area contributed by atoms with E-state index in [9.17, 15) is 33.9 Å². The summed E-state index contributed by atoms with van der Waals surface area (Å²) in [7, 11) is 1.68. The fraction of sp³-hybridized carbons (Fsp3) is 0.426. The van der Waals surface area contributed by atoms with E-state index in [2.05, 4.69) is 37.8 Å². The zero-order valence-corrected chi connectivity index (χ0v) is 48.6. The fourth-order valence-corrected chi connectivity index (χ4v) is 11.5. The molecule has 5 heterocycles. The molecule has 4 atom stereocenters. The van der Waals surface area contributed by atoms with Gasteiger partial charge in [-0.25, -0.2) is 19.7 Å². The fourth-order valence-electron chi connectivity index (χ4n) is 9.81. The topological polar surface area (TPSA) is 216 Å². The Kier molecular flexibility index (Phi) is 18.5. The van der Waals surface area contributed by atoms with Gasteiger partial charge in [0.25, 0.3) is 5.91 Å². The first-order chi connectivity index (χ1) is 38.0. The lowest BCUT2D eigenvalue weighted by atomic mass is 9.85. The van der Waals surface area contributed by atoms with Crippen LogP contribution < -0.4 is 20.9 Å². The number of ether oxygens (including phenoxy) is 1. The Balaban J connectivity index is 0.817. The zero-order chi connectivity index (χ0) is 57.5. The maximum Gasteiger partial charge on any atom is 0.358 e. The second-order valence-electron chi connectivity index (χ2n) is 22.6. The number of aromatic nitrogens is 3. The number of aliphatic hydroxyl groups is 1. The van der Waals surface area contributed by atoms with Crippen LogP contribution in [0.3, 0.4) is 0 Å². The Bertz CT molecular complexity index is 3300. The van der Waals surface area contributed by atoms with Gasteiger partial charge in [-0.2, -0.15) is 0 Å². The number of hydrogen-bond donors (Lipinski definition) is 4. The number of likely N-dealkylation sites (tertiary alicyclic amines) is 1. The predicted molar refractivity (Wildman–Crippen MR) is 312 cm³/mol. The molecule has 0 spiro atoms. The molecular formula is C61H71N9O8S2. The van der Waals surface area contributed by atoms with E-state index in [0.29, 0.717) is 67.4 Å². The quantitative estimate of drug-likeness (QED) is 0.0382. The molecule has 19 heteroatoms. The number of para-hydroxylation sites is 1. The summed E-state index contributed by atoms with van der Waals surface area (Å²) in [4.78, 5) is 102. The van der Waals surface area contributed by atoms with Gasteiger partial charge in [0, 0.05) is 64.5 Å². The number of rotatable bonds is 17. The maximum atomic E-state index is 14.2. The number of esters is 1. The highest BCUT2D eigenvalue weighted by molar-refractivity contribution is 7.22. The first-order valence-corrected chi connectivity index (χ1v) is 28.8. The van der Waals surface area contributed by atoms with Gasteiger partial charge in [-0.3, -0.25) is 29.3 Å². The van der Waals surface area contributed by atoms with Crippen molar-refractivity contribution in [3.05, 3.63) is 124 Å². The average Bonchev–Trinajstić information content (AvgIpc) is 4.18. The van der Waals surface area contributed by atoms with E-state index < -0.39 is 41.1 Å². The van der Waals surface area contributed by atoms with Gasteiger partial charge in [0.2, 0.25) is 23.6 Å². The lowest BCUT2D eigenvalue weighted by Gasteiger charge is -2.35. The molecule has 0 radical (unpaired) electrons. The standard InChI is InChI=1S/C61H71N9O8S2/c1-37(39-24-26-42(27-25-39)53-38(2)62-36-79-53)63-56(75)47-33-43(71)34-70(47)57(76)54(60(3,4)5)66-50(72)22-16-31-68(9)51(73)23-12-10-11-17-41-28-29-49(65-52(41)58(77)78-61(6,7)8)69-32-30-40-18-15-19-44(45(40)35-69)55(74)67-59-64-46-20-13-14-21-48(46)80-59/h13-15,18-21,24-29,36-37,43,47,54,71H,10,12,16,22-23,30-35H2,1-9H3,(H,63,75)(H,66,72)(H,64,67,74)/t37?,43-,47+,54-/m1/s1. The van der Waals surface area contributed by atoms with E-state index in [1.54, 1.807) is 50.1 Å². The summed E-state index contributed by atoms with van der Waals surface area (Å²) < 4.78 is 6.76. The Hall–Kier alpha value is -7.53. The molecule has 3 aromatic heterocycles. The van der Waals surface area contributed by atoms with E-state index in [-0.39, 0.29) is 61.2 Å². The number of nitrogens with zero attached hydrogens (tertiary/aromatic N) is 6. The van der Waals surface area contributed by atoms with E-state index >= 15 is 0 Å². The van der Waals surface area contributed by atoms with Crippen molar-refractivity contribution in [1.29, 1.82) is 0 Å². The van der Waals surface area contributed by atoms with Crippen LogP contribution in [0, 0.1) is 24.2 Å². The lowest BCUT2D eigenvalue weighted by Crippen LogP contribution is -2.57. The van der Waals surface area contributed by atoms with Crippen LogP contribution in [0.15, 0.2) is 84.4 Å². The summed E-state index contributed by atoms with van der Waals surface area (Å²) in [6.07, 6.45) is 1.25. The zero-order valence-electron chi connectivity index (χ0n) is 47.0. The average molecular weight is 1120 g/mol. The number of anilines is 2. The van der Waals surface area contributed by atoms with Crippen molar-refractivity contribution in [2.24, 2.45) is 5.41 Å². The summed E-state index contributed by atoms with van der Waals surface area (Å²) in [6, 6.07) is 22.6. The van der Waals surface area contributed by atoms with Crippen molar-refractivity contribution in [1.82, 2.24) is 35.4 Å². The Labute approximate surface area is 475 Å². The van der Waals surface area contributed by atoms with Crippen molar-refractivity contribution in [3.63, 3.8) is 0 Å². The summed E-state index contributed by atoms with van der Waals surface area (Å²) in [6.45, 7) is 16.0. The molecule has 5 amide bonds. The minimum Gasteiger partial charge on any atom is -0.455 e. The molecule has 80 heavy (non-hydrogen) atoms. The molecular weight excluding hydrogens is 1050 g/mol. The molecule has 2 aliphatic heterocycles. The molecule has 2 aliphatic rings. The SMILES string of the molecule is Cc1ncsc1-c1ccc(C(C)NC(=O)[C@@H]2C[C@@H](O)CN2C(=O)[C@@H](NC(=O)CCCN(C)C(=O)CCCC#Cc2ccc(N3CCc4cccc(C(=O)Nc5nc6ccccc6s5)c4C3)nc2C(=O)OC(C)(C)C)C(C)(C)C)cc1. The van der Waals surface area contributed by atoms with Gasteiger partial charge >= 0.3 is 5.97 Å². The highest BCUT2D eigenvalue weighted by atomic mass is 32.1. The summed E-state index contributed by atoms with van der Waals surface area (Å²) >= 11 is 2.98. The number of thiazole rings is 2. The molecule has 17 nitrogen and oxygen atoms in total. The third-order valence-corrected chi connectivity index (χ3v) is 16.1. The maximum absolute atomic E-state index is 14.2. The number of unbranched alkanes of at least 4 members (excludes halogenated alkanes) is 1. The lowest BCUT2D eigenvalue weighted by molar-refractivity contribution is -0.144. The molecule has 1 unspecified atom stereocenters. The summed E-state index contributed by atoms with van der Waals surface area (Å²) in [5, 5.41) is 20.2. The molecule has 1 fully saturated rings. The van der Waals surface area contributed by atoms with E-state index in [0.717, 1.165) is 43.0 Å². The van der Waals surface area contributed by atoms with Crippen LogP contribution in [0.5, 0.6) is 0 Å². The Morgan fingerprint density at radius 2 is 1.68 bits per heavy atom. The summed E-state index contributed by atoms with van der Waals surface area (Å²) in [5.41, 5.74) is 6.92. The van der Waals surface area contributed by atoms with Crippen molar-refractivity contribution < 1.29 is 38.6 Å². The number of carbonyl (C=O) groups is 6. The van der Waals surface area contributed by atoms with E-state index in [1.807, 2.05) is 118 Å². The minimum atomic E-state index is -0.982.